The van der Waals surface area contributed by atoms with Gasteiger partial charge in [0, 0.05) is 11.3 Å². The summed E-state index contributed by atoms with van der Waals surface area (Å²) < 4.78 is 36.9. The molecular weight excluding hydrogens is 225 g/mol. The van der Waals surface area contributed by atoms with Crippen LogP contribution in [-0.4, -0.2) is 18.1 Å². The summed E-state index contributed by atoms with van der Waals surface area (Å²) in [6, 6.07) is 0. The number of hydrogen-bond donors (Lipinski definition) is 1. The minimum absolute atomic E-state index is 0.201. The van der Waals surface area contributed by atoms with E-state index in [2.05, 4.69) is 10.3 Å². The molecule has 0 bridgehead atoms. The summed E-state index contributed by atoms with van der Waals surface area (Å²) in [5, 5.41) is 4.91. The lowest BCUT2D eigenvalue weighted by atomic mass is 9.99. The van der Waals surface area contributed by atoms with Gasteiger partial charge in [-0.3, -0.25) is 0 Å². The topological polar surface area (TPSA) is 24.9 Å². The Kier molecular flexibility index (Phi) is 2.97. The molecule has 0 radical (unpaired) electrons. The van der Waals surface area contributed by atoms with Crippen LogP contribution in [0, 0.1) is 0 Å². The molecule has 0 amide bonds. The Labute approximate surface area is 89.5 Å². The molecule has 1 aliphatic heterocycles. The highest BCUT2D eigenvalue weighted by molar-refractivity contribution is 7.09. The van der Waals surface area contributed by atoms with E-state index in [0.29, 0.717) is 5.01 Å². The summed E-state index contributed by atoms with van der Waals surface area (Å²) in [6.07, 6.45) is -2.54. The van der Waals surface area contributed by atoms with Gasteiger partial charge in [0.25, 0.3) is 0 Å². The fourth-order valence-corrected chi connectivity index (χ4v) is 2.67. The molecule has 1 saturated heterocycles. The van der Waals surface area contributed by atoms with Crippen molar-refractivity contribution in [2.24, 2.45) is 0 Å². The van der Waals surface area contributed by atoms with Crippen LogP contribution in [0.25, 0.3) is 0 Å². The molecule has 2 heterocycles. The highest BCUT2D eigenvalue weighted by atomic mass is 32.1. The Bertz CT molecular complexity index is 328. The van der Waals surface area contributed by atoms with E-state index < -0.39 is 11.9 Å². The molecule has 84 valence electrons. The van der Waals surface area contributed by atoms with E-state index in [0.717, 1.165) is 42.6 Å². The molecule has 0 saturated carbocycles. The van der Waals surface area contributed by atoms with Crippen molar-refractivity contribution in [3.63, 3.8) is 0 Å². The lowest BCUT2D eigenvalue weighted by Gasteiger charge is -2.20. The van der Waals surface area contributed by atoms with Crippen LogP contribution in [0.4, 0.5) is 13.2 Å². The zero-order valence-electron chi connectivity index (χ0n) is 7.97. The molecule has 2 rings (SSSR count). The number of alkyl halides is 3. The molecule has 0 atom stereocenters. The first-order valence-corrected chi connectivity index (χ1v) is 5.68. The van der Waals surface area contributed by atoms with Crippen LogP contribution in [-0.2, 0) is 6.18 Å². The summed E-state index contributed by atoms with van der Waals surface area (Å²) >= 11 is 1.12. The second-order valence-electron chi connectivity index (χ2n) is 3.59. The minimum Gasteiger partial charge on any atom is -0.317 e. The normalized spacial score (nSPS) is 19.4. The molecule has 0 aromatic carbocycles. The van der Waals surface area contributed by atoms with E-state index >= 15 is 0 Å². The number of hydrogen-bond acceptors (Lipinski definition) is 3. The van der Waals surface area contributed by atoms with Gasteiger partial charge in [-0.15, -0.1) is 11.3 Å². The van der Waals surface area contributed by atoms with Crippen molar-refractivity contribution in [1.29, 1.82) is 0 Å². The third kappa shape index (κ3) is 2.49. The molecule has 0 aliphatic carbocycles. The average Bonchev–Trinajstić information content (AvgIpc) is 2.67. The number of thiazole rings is 1. The van der Waals surface area contributed by atoms with Crippen LogP contribution >= 0.6 is 11.3 Å². The number of aromatic nitrogens is 1. The Balaban J connectivity index is 2.12. The average molecular weight is 236 g/mol. The van der Waals surface area contributed by atoms with E-state index in [9.17, 15) is 13.2 Å². The number of nitrogens with one attached hydrogen (secondary N) is 1. The van der Waals surface area contributed by atoms with Crippen LogP contribution in [0.3, 0.4) is 0 Å². The maximum atomic E-state index is 12.3. The SMILES string of the molecule is FC(F)(F)c1csc(C2CCNCC2)n1. The van der Waals surface area contributed by atoms with Crippen molar-refractivity contribution in [3.8, 4) is 0 Å². The molecule has 1 aromatic rings. The summed E-state index contributed by atoms with van der Waals surface area (Å²) in [5.74, 6) is 0.201. The molecule has 2 nitrogen and oxygen atoms in total. The Morgan fingerprint density at radius 2 is 2.00 bits per heavy atom. The highest BCUT2D eigenvalue weighted by Crippen LogP contribution is 2.34. The summed E-state index contributed by atoms with van der Waals surface area (Å²) in [5.41, 5.74) is -0.749. The fourth-order valence-electron chi connectivity index (χ4n) is 1.67. The quantitative estimate of drug-likeness (QED) is 0.810. The second-order valence-corrected chi connectivity index (χ2v) is 4.48. The first-order chi connectivity index (χ1) is 7.07. The zero-order chi connectivity index (χ0) is 10.9. The van der Waals surface area contributed by atoms with E-state index in [1.807, 2.05) is 0 Å². The first-order valence-electron chi connectivity index (χ1n) is 4.80. The zero-order valence-corrected chi connectivity index (χ0v) is 8.79. The number of nitrogens with zero attached hydrogens (tertiary/aromatic N) is 1. The number of halogens is 3. The lowest BCUT2D eigenvalue weighted by molar-refractivity contribution is -0.140. The molecule has 1 aliphatic rings. The van der Waals surface area contributed by atoms with Crippen molar-refractivity contribution >= 4 is 11.3 Å². The third-order valence-corrected chi connectivity index (χ3v) is 3.51. The minimum atomic E-state index is -4.30. The van der Waals surface area contributed by atoms with Crippen molar-refractivity contribution < 1.29 is 13.2 Å². The fraction of sp³-hybridized carbons (Fsp3) is 0.667. The predicted octanol–water partition coefficient (Wildman–Crippen LogP) is 2.63. The van der Waals surface area contributed by atoms with Gasteiger partial charge in [-0.05, 0) is 25.9 Å². The number of piperidine rings is 1. The first kappa shape index (κ1) is 10.9. The predicted molar refractivity (Wildman–Crippen MR) is 52.0 cm³/mol. The molecular formula is C9H11F3N2S. The van der Waals surface area contributed by atoms with Crippen LogP contribution in [0.5, 0.6) is 0 Å². The lowest BCUT2D eigenvalue weighted by Crippen LogP contribution is -2.26. The van der Waals surface area contributed by atoms with Gasteiger partial charge in [-0.1, -0.05) is 0 Å². The standard InChI is InChI=1S/C9H11F3N2S/c10-9(11,12)7-5-15-8(14-7)6-1-3-13-4-2-6/h5-6,13H,1-4H2. The molecule has 15 heavy (non-hydrogen) atoms. The van der Waals surface area contributed by atoms with Gasteiger partial charge in [0.2, 0.25) is 0 Å². The van der Waals surface area contributed by atoms with E-state index in [4.69, 9.17) is 0 Å². The molecule has 6 heteroatoms. The van der Waals surface area contributed by atoms with Gasteiger partial charge in [-0.2, -0.15) is 13.2 Å². The molecule has 0 unspecified atom stereocenters. The van der Waals surface area contributed by atoms with Crippen molar-refractivity contribution in [2.75, 3.05) is 13.1 Å². The van der Waals surface area contributed by atoms with Gasteiger partial charge in [-0.25, -0.2) is 4.98 Å². The third-order valence-electron chi connectivity index (χ3n) is 2.50. The van der Waals surface area contributed by atoms with Crippen LogP contribution in [0.1, 0.15) is 29.5 Å². The summed E-state index contributed by atoms with van der Waals surface area (Å²) in [6.45, 7) is 1.73. The van der Waals surface area contributed by atoms with Crippen LogP contribution in [0.2, 0.25) is 0 Å². The Hall–Kier alpha value is -0.620. The summed E-state index contributed by atoms with van der Waals surface area (Å²) in [7, 11) is 0. The van der Waals surface area contributed by atoms with Gasteiger partial charge in [0.15, 0.2) is 5.69 Å². The highest BCUT2D eigenvalue weighted by Gasteiger charge is 2.34. The largest absolute Gasteiger partial charge is 0.434 e. The van der Waals surface area contributed by atoms with Gasteiger partial charge in [0.1, 0.15) is 0 Å². The van der Waals surface area contributed by atoms with Crippen molar-refractivity contribution in [3.05, 3.63) is 16.1 Å². The van der Waals surface area contributed by atoms with Crippen molar-refractivity contribution in [2.45, 2.75) is 24.9 Å². The molecule has 1 N–H and O–H groups in total. The Morgan fingerprint density at radius 3 is 2.53 bits per heavy atom. The molecule has 1 fully saturated rings. The van der Waals surface area contributed by atoms with Crippen molar-refractivity contribution in [1.82, 2.24) is 10.3 Å². The molecule has 1 aromatic heterocycles. The maximum absolute atomic E-state index is 12.3. The monoisotopic (exact) mass is 236 g/mol. The molecule has 0 spiro atoms. The van der Waals surface area contributed by atoms with E-state index in [-0.39, 0.29) is 5.92 Å². The van der Waals surface area contributed by atoms with Crippen LogP contribution < -0.4 is 5.32 Å². The van der Waals surface area contributed by atoms with E-state index in [1.54, 1.807) is 0 Å². The number of rotatable bonds is 1. The van der Waals surface area contributed by atoms with Gasteiger partial charge in [0.05, 0.1) is 5.01 Å². The van der Waals surface area contributed by atoms with E-state index in [1.165, 1.54) is 0 Å². The van der Waals surface area contributed by atoms with Gasteiger partial charge >= 0.3 is 6.18 Å². The summed E-state index contributed by atoms with van der Waals surface area (Å²) in [4.78, 5) is 3.67. The van der Waals surface area contributed by atoms with Crippen LogP contribution in [0.15, 0.2) is 5.38 Å². The Morgan fingerprint density at radius 1 is 1.33 bits per heavy atom. The van der Waals surface area contributed by atoms with Gasteiger partial charge < -0.3 is 5.32 Å². The maximum Gasteiger partial charge on any atom is 0.434 e. The smallest absolute Gasteiger partial charge is 0.317 e. The second kappa shape index (κ2) is 4.09.